The van der Waals surface area contributed by atoms with Gasteiger partial charge in [-0.3, -0.25) is 9.78 Å². The van der Waals surface area contributed by atoms with E-state index < -0.39 is 0 Å². The zero-order valence-electron chi connectivity index (χ0n) is 13.0. The summed E-state index contributed by atoms with van der Waals surface area (Å²) in [6, 6.07) is 3.90. The lowest BCUT2D eigenvalue weighted by molar-refractivity contribution is -0.168. The molecular weight excluding hydrogens is 268 g/mol. The van der Waals surface area contributed by atoms with Crippen molar-refractivity contribution in [3.63, 3.8) is 0 Å². The van der Waals surface area contributed by atoms with Gasteiger partial charge < -0.3 is 14.4 Å². The van der Waals surface area contributed by atoms with Crippen LogP contribution < -0.4 is 0 Å². The van der Waals surface area contributed by atoms with Gasteiger partial charge in [-0.05, 0) is 38.0 Å². The minimum absolute atomic E-state index is 0.0522. The predicted molar refractivity (Wildman–Crippen MR) is 80.0 cm³/mol. The van der Waals surface area contributed by atoms with E-state index >= 15 is 0 Å². The largest absolute Gasteiger partial charge is 0.382 e. The average molecular weight is 292 g/mol. The van der Waals surface area contributed by atoms with Gasteiger partial charge in [0.1, 0.15) is 0 Å². The summed E-state index contributed by atoms with van der Waals surface area (Å²) in [7, 11) is 1.65. The summed E-state index contributed by atoms with van der Waals surface area (Å²) in [5.74, 6) is 0.171. The molecule has 1 amide bonds. The van der Waals surface area contributed by atoms with Crippen molar-refractivity contribution >= 4 is 5.91 Å². The minimum atomic E-state index is -0.326. The molecule has 2 heterocycles. The fourth-order valence-corrected chi connectivity index (χ4v) is 2.72. The highest BCUT2D eigenvalue weighted by atomic mass is 16.5. The zero-order chi connectivity index (χ0) is 15.3. The number of aromatic nitrogens is 1. The molecule has 0 radical (unpaired) electrons. The summed E-state index contributed by atoms with van der Waals surface area (Å²) in [5.41, 5.74) is 0.813. The Balaban J connectivity index is 1.91. The number of pyridine rings is 1. The number of carbonyl (C=O) groups is 1. The van der Waals surface area contributed by atoms with Gasteiger partial charge in [-0.25, -0.2) is 0 Å². The third-order valence-electron chi connectivity index (χ3n) is 3.56. The summed E-state index contributed by atoms with van der Waals surface area (Å²) >= 11 is 0. The quantitative estimate of drug-likeness (QED) is 0.828. The molecule has 1 aliphatic heterocycles. The van der Waals surface area contributed by atoms with Crippen LogP contribution in [0.15, 0.2) is 24.5 Å². The van der Waals surface area contributed by atoms with Gasteiger partial charge in [0.2, 0.25) is 5.91 Å². The topological polar surface area (TPSA) is 51.7 Å². The number of amides is 1. The standard InChI is InChI=1S/C16H24N2O3/c1-16(2)12-18(10-14(21-16)11-20-3)15(19)5-4-13-6-8-17-9-7-13/h6-9,14H,4-5,10-12H2,1-3H3. The van der Waals surface area contributed by atoms with E-state index in [1.165, 1.54) is 0 Å². The van der Waals surface area contributed by atoms with E-state index in [1.807, 2.05) is 30.9 Å². The van der Waals surface area contributed by atoms with E-state index in [9.17, 15) is 4.79 Å². The molecule has 0 bridgehead atoms. The van der Waals surface area contributed by atoms with Gasteiger partial charge in [-0.15, -0.1) is 0 Å². The molecule has 1 saturated heterocycles. The first kappa shape index (κ1) is 15.9. The van der Waals surface area contributed by atoms with Crippen LogP contribution in [0.4, 0.5) is 0 Å². The molecule has 21 heavy (non-hydrogen) atoms. The molecule has 5 nitrogen and oxygen atoms in total. The Labute approximate surface area is 126 Å². The van der Waals surface area contributed by atoms with E-state index in [2.05, 4.69) is 4.98 Å². The maximum atomic E-state index is 12.4. The molecule has 0 spiro atoms. The first-order chi connectivity index (χ1) is 10.00. The second-order valence-corrected chi connectivity index (χ2v) is 6.08. The van der Waals surface area contributed by atoms with E-state index in [0.717, 1.165) is 12.0 Å². The van der Waals surface area contributed by atoms with Gasteiger partial charge in [0.05, 0.1) is 18.3 Å². The molecule has 0 aromatic carbocycles. The molecule has 1 fully saturated rings. The Bertz CT molecular complexity index is 462. The van der Waals surface area contributed by atoms with Crippen molar-refractivity contribution in [1.82, 2.24) is 9.88 Å². The number of morpholine rings is 1. The highest BCUT2D eigenvalue weighted by Crippen LogP contribution is 2.22. The summed E-state index contributed by atoms with van der Waals surface area (Å²) in [6.45, 7) is 5.77. The summed E-state index contributed by atoms with van der Waals surface area (Å²) in [4.78, 5) is 18.3. The van der Waals surface area contributed by atoms with Gasteiger partial charge in [0, 0.05) is 39.0 Å². The summed E-state index contributed by atoms with van der Waals surface area (Å²) in [6.07, 6.45) is 4.72. The molecule has 116 valence electrons. The van der Waals surface area contributed by atoms with E-state index in [-0.39, 0.29) is 17.6 Å². The molecule has 1 aliphatic rings. The van der Waals surface area contributed by atoms with Crippen molar-refractivity contribution in [2.75, 3.05) is 26.8 Å². The maximum Gasteiger partial charge on any atom is 0.223 e. The highest BCUT2D eigenvalue weighted by molar-refractivity contribution is 5.76. The van der Waals surface area contributed by atoms with Gasteiger partial charge in [0.15, 0.2) is 0 Å². The van der Waals surface area contributed by atoms with Gasteiger partial charge >= 0.3 is 0 Å². The first-order valence-electron chi connectivity index (χ1n) is 7.33. The average Bonchev–Trinajstić information content (AvgIpc) is 2.44. The van der Waals surface area contributed by atoms with Crippen LogP contribution >= 0.6 is 0 Å². The van der Waals surface area contributed by atoms with Crippen molar-refractivity contribution < 1.29 is 14.3 Å². The number of hydrogen-bond donors (Lipinski definition) is 0. The van der Waals surface area contributed by atoms with Crippen LogP contribution in [-0.4, -0.2) is 54.3 Å². The fraction of sp³-hybridized carbons (Fsp3) is 0.625. The molecule has 2 rings (SSSR count). The zero-order valence-corrected chi connectivity index (χ0v) is 13.0. The van der Waals surface area contributed by atoms with Gasteiger partial charge in [-0.1, -0.05) is 0 Å². The summed E-state index contributed by atoms with van der Waals surface area (Å²) < 4.78 is 11.1. The Morgan fingerprint density at radius 1 is 1.48 bits per heavy atom. The van der Waals surface area contributed by atoms with Crippen LogP contribution in [0.3, 0.4) is 0 Å². The van der Waals surface area contributed by atoms with Crippen LogP contribution in [0.25, 0.3) is 0 Å². The SMILES string of the molecule is COCC1CN(C(=O)CCc2ccncc2)CC(C)(C)O1. The van der Waals surface area contributed by atoms with Crippen molar-refractivity contribution in [2.45, 2.75) is 38.4 Å². The molecule has 5 heteroatoms. The van der Waals surface area contributed by atoms with E-state index in [4.69, 9.17) is 9.47 Å². The van der Waals surface area contributed by atoms with Crippen LogP contribution in [-0.2, 0) is 20.7 Å². The second-order valence-electron chi connectivity index (χ2n) is 6.08. The molecule has 0 saturated carbocycles. The van der Waals surface area contributed by atoms with Crippen molar-refractivity contribution in [2.24, 2.45) is 0 Å². The Kier molecular flexibility index (Phi) is 5.31. The Hall–Kier alpha value is -1.46. The number of hydrogen-bond acceptors (Lipinski definition) is 4. The lowest BCUT2D eigenvalue weighted by atomic mass is 10.0. The van der Waals surface area contributed by atoms with Crippen molar-refractivity contribution in [1.29, 1.82) is 0 Å². The minimum Gasteiger partial charge on any atom is -0.382 e. The van der Waals surface area contributed by atoms with Gasteiger partial charge in [-0.2, -0.15) is 0 Å². The predicted octanol–water partition coefficient (Wildman–Crippen LogP) is 1.67. The van der Waals surface area contributed by atoms with E-state index in [0.29, 0.717) is 26.1 Å². The highest BCUT2D eigenvalue weighted by Gasteiger charge is 2.35. The van der Waals surface area contributed by atoms with Gasteiger partial charge in [0.25, 0.3) is 0 Å². The van der Waals surface area contributed by atoms with Crippen LogP contribution in [0.5, 0.6) is 0 Å². The monoisotopic (exact) mass is 292 g/mol. The summed E-state index contributed by atoms with van der Waals surface area (Å²) in [5, 5.41) is 0. The van der Waals surface area contributed by atoms with Crippen LogP contribution in [0.1, 0.15) is 25.8 Å². The number of nitrogens with zero attached hydrogens (tertiary/aromatic N) is 2. The van der Waals surface area contributed by atoms with E-state index in [1.54, 1.807) is 19.5 Å². The maximum absolute atomic E-state index is 12.4. The number of rotatable bonds is 5. The Morgan fingerprint density at radius 3 is 2.86 bits per heavy atom. The number of methoxy groups -OCH3 is 1. The number of carbonyl (C=O) groups excluding carboxylic acids is 1. The van der Waals surface area contributed by atoms with Crippen LogP contribution in [0, 0.1) is 0 Å². The molecular formula is C16H24N2O3. The molecule has 0 aliphatic carbocycles. The Morgan fingerprint density at radius 2 is 2.19 bits per heavy atom. The first-order valence-corrected chi connectivity index (χ1v) is 7.33. The molecule has 0 N–H and O–H groups in total. The smallest absolute Gasteiger partial charge is 0.223 e. The number of aryl methyl sites for hydroxylation is 1. The second kappa shape index (κ2) is 7.00. The third kappa shape index (κ3) is 4.79. The molecule has 1 atom stereocenters. The molecule has 1 aromatic heterocycles. The third-order valence-corrected chi connectivity index (χ3v) is 3.56. The molecule has 1 aromatic rings. The normalized spacial score (nSPS) is 21.3. The van der Waals surface area contributed by atoms with Crippen LogP contribution in [0.2, 0.25) is 0 Å². The fourth-order valence-electron chi connectivity index (χ4n) is 2.72. The number of ether oxygens (including phenoxy) is 2. The van der Waals surface area contributed by atoms with Crippen molar-refractivity contribution in [3.8, 4) is 0 Å². The molecule has 1 unspecified atom stereocenters. The lowest BCUT2D eigenvalue weighted by Gasteiger charge is -2.42. The van der Waals surface area contributed by atoms with Crippen molar-refractivity contribution in [3.05, 3.63) is 30.1 Å². The lowest BCUT2D eigenvalue weighted by Crippen LogP contribution is -2.55.